The monoisotopic (exact) mass is 410 g/mol. The lowest BCUT2D eigenvalue weighted by Gasteiger charge is -2.35. The van der Waals surface area contributed by atoms with Crippen molar-refractivity contribution in [1.29, 1.82) is 0 Å². The molecule has 2 aromatic heterocycles. The number of benzene rings is 1. The van der Waals surface area contributed by atoms with Gasteiger partial charge >= 0.3 is 0 Å². The maximum atomic E-state index is 13.8. The summed E-state index contributed by atoms with van der Waals surface area (Å²) in [7, 11) is 0. The number of aromatic nitrogens is 3. The summed E-state index contributed by atoms with van der Waals surface area (Å²) in [6.07, 6.45) is 3.31. The Bertz CT molecular complexity index is 1010. The van der Waals surface area contributed by atoms with Gasteiger partial charge in [-0.25, -0.2) is 8.78 Å². The molecule has 0 atom stereocenters. The van der Waals surface area contributed by atoms with Crippen molar-refractivity contribution >= 4 is 23.2 Å². The lowest BCUT2D eigenvalue weighted by atomic mass is 10.1. The number of halogens is 2. The summed E-state index contributed by atoms with van der Waals surface area (Å²) >= 11 is 0. The highest BCUT2D eigenvalue weighted by atomic mass is 19.1. The number of nitrogens with zero attached hydrogens (tertiary/aromatic N) is 5. The molecule has 1 aromatic carbocycles. The quantitative estimate of drug-likeness (QED) is 0.697. The average Bonchev–Trinajstić information content (AvgIpc) is 2.77. The van der Waals surface area contributed by atoms with Crippen LogP contribution in [0.2, 0.25) is 0 Å². The molecular formula is C21H20F2N6O. The zero-order valence-electron chi connectivity index (χ0n) is 16.1. The molecule has 1 aliphatic rings. The van der Waals surface area contributed by atoms with Gasteiger partial charge in [0.05, 0.1) is 18.3 Å². The Balaban J connectivity index is 1.31. The first kappa shape index (κ1) is 19.7. The predicted octanol–water partition coefficient (Wildman–Crippen LogP) is 2.78. The van der Waals surface area contributed by atoms with Crippen molar-refractivity contribution in [3.63, 3.8) is 0 Å². The zero-order valence-corrected chi connectivity index (χ0v) is 16.1. The molecule has 9 heteroatoms. The number of rotatable bonds is 5. The standard InChI is InChI=1S/C21H20F2N6O/c22-16-4-3-15(18(23)13-16)12-21(30)29-10-8-28(9-11-29)20-6-5-19(26-27-20)25-17-2-1-7-24-14-17/h1-7,13-14H,8-12H2,(H,25,26). The van der Waals surface area contributed by atoms with Crippen LogP contribution in [-0.4, -0.2) is 52.2 Å². The second-order valence-electron chi connectivity index (χ2n) is 6.92. The smallest absolute Gasteiger partial charge is 0.227 e. The van der Waals surface area contributed by atoms with Gasteiger partial charge in [-0.3, -0.25) is 9.78 Å². The first-order chi connectivity index (χ1) is 14.6. The molecule has 0 aliphatic carbocycles. The van der Waals surface area contributed by atoms with E-state index in [2.05, 4.69) is 20.5 Å². The van der Waals surface area contributed by atoms with Crippen molar-refractivity contribution in [2.24, 2.45) is 0 Å². The molecule has 4 rings (SSSR count). The van der Waals surface area contributed by atoms with Crippen molar-refractivity contribution in [1.82, 2.24) is 20.1 Å². The summed E-state index contributed by atoms with van der Waals surface area (Å²) in [6, 6.07) is 10.7. The van der Waals surface area contributed by atoms with Gasteiger partial charge in [0.25, 0.3) is 0 Å². The number of piperazine rings is 1. The Morgan fingerprint density at radius 1 is 1.03 bits per heavy atom. The highest BCUT2D eigenvalue weighted by Crippen LogP contribution is 2.18. The summed E-state index contributed by atoms with van der Waals surface area (Å²) in [5.41, 5.74) is 1.02. The van der Waals surface area contributed by atoms with Crippen LogP contribution in [0.5, 0.6) is 0 Å². The number of nitrogens with one attached hydrogen (secondary N) is 1. The second-order valence-corrected chi connectivity index (χ2v) is 6.92. The predicted molar refractivity (Wildman–Crippen MR) is 108 cm³/mol. The molecule has 1 aliphatic heterocycles. The summed E-state index contributed by atoms with van der Waals surface area (Å²) in [5.74, 6) is -0.190. The van der Waals surface area contributed by atoms with Gasteiger partial charge < -0.3 is 15.1 Å². The Hall–Kier alpha value is -3.62. The van der Waals surface area contributed by atoms with Gasteiger partial charge in [0, 0.05) is 38.4 Å². The van der Waals surface area contributed by atoms with Crippen LogP contribution in [0.15, 0.2) is 54.9 Å². The first-order valence-corrected chi connectivity index (χ1v) is 9.56. The van der Waals surface area contributed by atoms with Crippen molar-refractivity contribution in [3.05, 3.63) is 72.1 Å². The van der Waals surface area contributed by atoms with E-state index in [1.807, 2.05) is 29.2 Å². The molecule has 0 radical (unpaired) electrons. The van der Waals surface area contributed by atoms with Crippen LogP contribution < -0.4 is 10.2 Å². The molecule has 1 N–H and O–H groups in total. The van der Waals surface area contributed by atoms with E-state index in [0.717, 1.165) is 23.6 Å². The summed E-state index contributed by atoms with van der Waals surface area (Å²) in [5, 5.41) is 11.6. The number of pyridine rings is 1. The van der Waals surface area contributed by atoms with E-state index in [0.29, 0.717) is 32.0 Å². The summed E-state index contributed by atoms with van der Waals surface area (Å²) in [4.78, 5) is 20.2. The molecule has 1 amide bonds. The van der Waals surface area contributed by atoms with Crippen molar-refractivity contribution in [2.75, 3.05) is 36.4 Å². The van der Waals surface area contributed by atoms with Crippen LogP contribution in [0.25, 0.3) is 0 Å². The third kappa shape index (κ3) is 4.68. The van der Waals surface area contributed by atoms with Crippen LogP contribution >= 0.6 is 0 Å². The molecule has 0 spiro atoms. The highest BCUT2D eigenvalue weighted by molar-refractivity contribution is 5.79. The third-order valence-electron chi connectivity index (χ3n) is 4.90. The molecule has 1 fully saturated rings. The Labute approximate surface area is 172 Å². The van der Waals surface area contributed by atoms with Crippen LogP contribution in [0, 0.1) is 11.6 Å². The van der Waals surface area contributed by atoms with E-state index in [1.54, 1.807) is 17.3 Å². The summed E-state index contributed by atoms with van der Waals surface area (Å²) in [6.45, 7) is 2.20. The molecule has 154 valence electrons. The van der Waals surface area contributed by atoms with E-state index in [9.17, 15) is 13.6 Å². The van der Waals surface area contributed by atoms with E-state index in [4.69, 9.17) is 0 Å². The van der Waals surface area contributed by atoms with Crippen molar-refractivity contribution in [3.8, 4) is 0 Å². The summed E-state index contributed by atoms with van der Waals surface area (Å²) < 4.78 is 26.8. The highest BCUT2D eigenvalue weighted by Gasteiger charge is 2.23. The van der Waals surface area contributed by atoms with Crippen LogP contribution in [0.4, 0.5) is 26.1 Å². The Morgan fingerprint density at radius 2 is 1.87 bits per heavy atom. The van der Waals surface area contributed by atoms with Gasteiger partial charge in [0.2, 0.25) is 5.91 Å². The molecule has 0 unspecified atom stereocenters. The Kier molecular flexibility index (Phi) is 5.78. The van der Waals surface area contributed by atoms with Crippen molar-refractivity contribution < 1.29 is 13.6 Å². The maximum Gasteiger partial charge on any atom is 0.227 e. The number of carbonyl (C=O) groups is 1. The lowest BCUT2D eigenvalue weighted by molar-refractivity contribution is -0.130. The van der Waals surface area contributed by atoms with Gasteiger partial charge in [0.1, 0.15) is 11.6 Å². The second kappa shape index (κ2) is 8.81. The Morgan fingerprint density at radius 3 is 2.53 bits per heavy atom. The average molecular weight is 410 g/mol. The molecule has 7 nitrogen and oxygen atoms in total. The molecule has 30 heavy (non-hydrogen) atoms. The molecule has 0 saturated carbocycles. The number of hydrogen-bond donors (Lipinski definition) is 1. The zero-order chi connectivity index (χ0) is 20.9. The maximum absolute atomic E-state index is 13.8. The first-order valence-electron chi connectivity index (χ1n) is 9.56. The number of hydrogen-bond acceptors (Lipinski definition) is 6. The van der Waals surface area contributed by atoms with E-state index >= 15 is 0 Å². The van der Waals surface area contributed by atoms with Crippen LogP contribution in [0.3, 0.4) is 0 Å². The van der Waals surface area contributed by atoms with Crippen LogP contribution in [-0.2, 0) is 11.2 Å². The fourth-order valence-corrected chi connectivity index (χ4v) is 3.27. The molecule has 3 heterocycles. The normalized spacial score (nSPS) is 13.9. The van der Waals surface area contributed by atoms with Gasteiger partial charge in [0.15, 0.2) is 11.6 Å². The molecular weight excluding hydrogens is 390 g/mol. The molecule has 1 saturated heterocycles. The topological polar surface area (TPSA) is 74.2 Å². The van der Waals surface area contributed by atoms with E-state index in [1.165, 1.54) is 6.07 Å². The van der Waals surface area contributed by atoms with Gasteiger partial charge in [-0.05, 0) is 35.9 Å². The minimum absolute atomic E-state index is 0.0827. The fourth-order valence-electron chi connectivity index (χ4n) is 3.27. The third-order valence-corrected chi connectivity index (χ3v) is 4.90. The number of anilines is 3. The van der Waals surface area contributed by atoms with Crippen LogP contribution in [0.1, 0.15) is 5.56 Å². The largest absolute Gasteiger partial charge is 0.352 e. The van der Waals surface area contributed by atoms with Gasteiger partial charge in [-0.1, -0.05) is 6.07 Å². The number of amides is 1. The van der Waals surface area contributed by atoms with E-state index in [-0.39, 0.29) is 17.9 Å². The minimum Gasteiger partial charge on any atom is -0.352 e. The number of carbonyl (C=O) groups excluding carboxylic acids is 1. The van der Waals surface area contributed by atoms with E-state index < -0.39 is 11.6 Å². The molecule has 0 bridgehead atoms. The lowest BCUT2D eigenvalue weighted by Crippen LogP contribution is -2.49. The van der Waals surface area contributed by atoms with Crippen molar-refractivity contribution in [2.45, 2.75) is 6.42 Å². The SMILES string of the molecule is O=C(Cc1ccc(F)cc1F)N1CCN(c2ccc(Nc3cccnc3)nn2)CC1. The fraction of sp³-hybridized carbons (Fsp3) is 0.238. The van der Waals surface area contributed by atoms with Gasteiger partial charge in [-0.15, -0.1) is 10.2 Å². The molecule has 3 aromatic rings. The van der Waals surface area contributed by atoms with Gasteiger partial charge in [-0.2, -0.15) is 0 Å². The minimum atomic E-state index is -0.697.